The molecule has 0 saturated heterocycles. The second-order valence-corrected chi connectivity index (χ2v) is 13.4. The first-order valence-electron chi connectivity index (χ1n) is 13.5. The molecule has 0 bridgehead atoms. The molecule has 8 heteroatoms. The van der Waals surface area contributed by atoms with E-state index < -0.39 is 5.92 Å². The summed E-state index contributed by atoms with van der Waals surface area (Å²) >= 11 is 13.4. The smallest absolute Gasteiger partial charge is 0.262 e. The summed E-state index contributed by atoms with van der Waals surface area (Å²) in [4.78, 5) is 41.9. The molecule has 0 radical (unpaired) electrons. The zero-order valence-electron chi connectivity index (χ0n) is 23.5. The maximum Gasteiger partial charge on any atom is 0.262 e. The fourth-order valence-corrected chi connectivity index (χ4v) is 6.85. The van der Waals surface area contributed by atoms with E-state index in [1.54, 1.807) is 24.3 Å². The van der Waals surface area contributed by atoms with Gasteiger partial charge in [0.05, 0.1) is 10.0 Å². The van der Waals surface area contributed by atoms with Crippen LogP contribution in [0.5, 0.6) is 5.75 Å². The molecular formula is C32H34Cl2N2O4. The van der Waals surface area contributed by atoms with Gasteiger partial charge in [0.25, 0.3) is 5.91 Å². The first-order chi connectivity index (χ1) is 18.8. The second kappa shape index (κ2) is 10.4. The third kappa shape index (κ3) is 5.44. The van der Waals surface area contributed by atoms with Crippen molar-refractivity contribution in [2.75, 3.05) is 19.0 Å². The van der Waals surface area contributed by atoms with E-state index in [4.69, 9.17) is 27.9 Å². The van der Waals surface area contributed by atoms with Gasteiger partial charge >= 0.3 is 0 Å². The SMILES string of the molecule is CN1C2=C(C(=O)CC(C)(C)C2)C(c2cc(Cl)c(OCC(=O)Nc3ccccc3)c(Cl)c2)C2=C1CC(C)(C)CC2=O. The number of benzene rings is 2. The van der Waals surface area contributed by atoms with Crippen LogP contribution in [0.1, 0.15) is 64.9 Å². The van der Waals surface area contributed by atoms with E-state index in [0.29, 0.717) is 35.2 Å². The van der Waals surface area contributed by atoms with Crippen molar-refractivity contribution in [1.29, 1.82) is 0 Å². The van der Waals surface area contributed by atoms with Crippen molar-refractivity contribution < 1.29 is 19.1 Å². The summed E-state index contributed by atoms with van der Waals surface area (Å²) in [5.41, 5.74) is 4.17. The topological polar surface area (TPSA) is 75.7 Å². The highest BCUT2D eigenvalue weighted by atomic mass is 35.5. The highest BCUT2D eigenvalue weighted by molar-refractivity contribution is 6.37. The Morgan fingerprint density at radius 2 is 1.40 bits per heavy atom. The number of ether oxygens (including phenoxy) is 1. The largest absolute Gasteiger partial charge is 0.481 e. The molecule has 2 aromatic rings. The number of hydrogen-bond donors (Lipinski definition) is 1. The summed E-state index contributed by atoms with van der Waals surface area (Å²) in [6.07, 6.45) is 2.26. The van der Waals surface area contributed by atoms with Gasteiger partial charge in [0.1, 0.15) is 0 Å². The summed E-state index contributed by atoms with van der Waals surface area (Å²) in [6.45, 7) is 8.13. The van der Waals surface area contributed by atoms with Gasteiger partial charge in [-0.1, -0.05) is 69.1 Å². The molecule has 210 valence electrons. The number of anilines is 1. The molecule has 0 unspecified atom stereocenters. The summed E-state index contributed by atoms with van der Waals surface area (Å²) in [6, 6.07) is 12.5. The van der Waals surface area contributed by atoms with E-state index >= 15 is 0 Å². The third-order valence-corrected chi connectivity index (χ3v) is 8.50. The van der Waals surface area contributed by atoms with E-state index in [1.807, 2.05) is 25.2 Å². The predicted octanol–water partition coefficient (Wildman–Crippen LogP) is 7.33. The van der Waals surface area contributed by atoms with Crippen molar-refractivity contribution >= 4 is 46.4 Å². The lowest BCUT2D eigenvalue weighted by Gasteiger charge is -2.48. The average Bonchev–Trinajstić information content (AvgIpc) is 2.84. The number of halogens is 2. The number of allylic oxidation sites excluding steroid dienone is 4. The van der Waals surface area contributed by atoms with Crippen LogP contribution in [0.3, 0.4) is 0 Å². The standard InChI is InChI=1S/C32H34Cl2N2O4/c1-31(2)13-22-28(24(37)15-31)27(29-23(36(22)5)14-32(3,4)16-25(29)38)18-11-20(33)30(21(34)12-18)40-17-26(39)35-19-9-7-6-8-10-19/h6-12,27H,13-17H2,1-5H3,(H,35,39). The summed E-state index contributed by atoms with van der Waals surface area (Å²) in [7, 11) is 1.97. The minimum Gasteiger partial charge on any atom is -0.481 e. The summed E-state index contributed by atoms with van der Waals surface area (Å²) in [5, 5.41) is 3.19. The molecule has 2 aromatic carbocycles. The number of carbonyl (C=O) groups excluding carboxylic acids is 3. The Morgan fingerprint density at radius 1 is 0.900 bits per heavy atom. The number of para-hydroxylation sites is 1. The average molecular weight is 582 g/mol. The minimum absolute atomic E-state index is 0.0393. The molecule has 0 spiro atoms. The normalized spacial score (nSPS) is 20.3. The number of nitrogens with one attached hydrogen (secondary N) is 1. The van der Waals surface area contributed by atoms with E-state index in [1.165, 1.54) is 0 Å². The molecular weight excluding hydrogens is 547 g/mol. The molecule has 1 aliphatic heterocycles. The van der Waals surface area contributed by atoms with Crippen LogP contribution in [0.25, 0.3) is 0 Å². The van der Waals surface area contributed by atoms with Gasteiger partial charge in [-0.25, -0.2) is 0 Å². The molecule has 6 nitrogen and oxygen atoms in total. The quantitative estimate of drug-likeness (QED) is 0.400. The van der Waals surface area contributed by atoms with E-state index in [0.717, 1.165) is 24.2 Å². The molecule has 1 N–H and O–H groups in total. The van der Waals surface area contributed by atoms with Crippen molar-refractivity contribution in [1.82, 2.24) is 4.90 Å². The fraction of sp³-hybridized carbons (Fsp3) is 0.406. The minimum atomic E-state index is -0.557. The Bertz CT molecular complexity index is 1400. The zero-order chi connectivity index (χ0) is 29.0. The van der Waals surface area contributed by atoms with Crippen molar-refractivity contribution in [3.05, 3.63) is 80.6 Å². The molecule has 1 heterocycles. The van der Waals surface area contributed by atoms with Crippen LogP contribution in [-0.4, -0.2) is 36.0 Å². The highest BCUT2D eigenvalue weighted by Crippen LogP contribution is 2.54. The monoisotopic (exact) mass is 580 g/mol. The first kappa shape index (κ1) is 28.4. The van der Waals surface area contributed by atoms with Gasteiger partial charge in [-0.05, 0) is 53.5 Å². The zero-order valence-corrected chi connectivity index (χ0v) is 25.0. The Labute approximate surface area is 245 Å². The summed E-state index contributed by atoms with van der Waals surface area (Å²) in [5.74, 6) is -0.652. The van der Waals surface area contributed by atoms with Crippen LogP contribution >= 0.6 is 23.2 Å². The number of amides is 1. The van der Waals surface area contributed by atoms with E-state index in [-0.39, 0.29) is 50.7 Å². The van der Waals surface area contributed by atoms with Crippen LogP contribution in [0.15, 0.2) is 65.0 Å². The van der Waals surface area contributed by atoms with Crippen molar-refractivity contribution in [3.8, 4) is 5.75 Å². The number of Topliss-reactive ketones (excluding diaryl/α,β-unsaturated/α-hetero) is 2. The first-order valence-corrected chi connectivity index (χ1v) is 14.2. The molecule has 3 aliphatic rings. The van der Waals surface area contributed by atoms with Gasteiger partial charge in [0.2, 0.25) is 0 Å². The number of hydrogen-bond acceptors (Lipinski definition) is 5. The van der Waals surface area contributed by atoms with E-state index in [9.17, 15) is 14.4 Å². The van der Waals surface area contributed by atoms with Crippen LogP contribution < -0.4 is 10.1 Å². The Kier molecular flexibility index (Phi) is 7.38. The lowest BCUT2D eigenvalue weighted by Crippen LogP contribution is -2.43. The van der Waals surface area contributed by atoms with Gasteiger partial charge in [0.15, 0.2) is 23.9 Å². The van der Waals surface area contributed by atoms with Crippen LogP contribution in [0.4, 0.5) is 5.69 Å². The maximum atomic E-state index is 13.7. The lowest BCUT2D eigenvalue weighted by molar-refractivity contribution is -0.120. The molecule has 0 aromatic heterocycles. The van der Waals surface area contributed by atoms with Crippen LogP contribution in [-0.2, 0) is 14.4 Å². The van der Waals surface area contributed by atoms with Gasteiger partial charge in [-0.2, -0.15) is 0 Å². The van der Waals surface area contributed by atoms with Crippen LogP contribution in [0.2, 0.25) is 10.0 Å². The van der Waals surface area contributed by atoms with Gasteiger partial charge < -0.3 is 15.0 Å². The molecule has 0 atom stereocenters. The Morgan fingerprint density at radius 3 is 1.90 bits per heavy atom. The number of rotatable bonds is 5. The van der Waals surface area contributed by atoms with E-state index in [2.05, 4.69) is 37.9 Å². The third-order valence-electron chi connectivity index (χ3n) is 7.94. The van der Waals surface area contributed by atoms with Crippen molar-refractivity contribution in [2.45, 2.75) is 59.3 Å². The van der Waals surface area contributed by atoms with Gasteiger partial charge in [-0.15, -0.1) is 0 Å². The number of ketones is 2. The number of carbonyl (C=O) groups is 3. The lowest BCUT2D eigenvalue weighted by atomic mass is 9.64. The van der Waals surface area contributed by atoms with Crippen molar-refractivity contribution in [3.63, 3.8) is 0 Å². The molecule has 0 saturated carbocycles. The predicted molar refractivity (Wildman–Crippen MR) is 158 cm³/mol. The Balaban J connectivity index is 1.52. The van der Waals surface area contributed by atoms with Gasteiger partial charge in [-0.3, -0.25) is 14.4 Å². The van der Waals surface area contributed by atoms with Crippen LogP contribution in [0, 0.1) is 10.8 Å². The maximum absolute atomic E-state index is 13.7. The molecule has 0 fully saturated rings. The Hall–Kier alpha value is -3.09. The molecule has 2 aliphatic carbocycles. The fourth-order valence-electron chi connectivity index (χ4n) is 6.24. The molecule has 5 rings (SSSR count). The summed E-state index contributed by atoms with van der Waals surface area (Å²) < 4.78 is 5.73. The second-order valence-electron chi connectivity index (χ2n) is 12.6. The van der Waals surface area contributed by atoms with Gasteiger partial charge in [0, 0.05) is 54.0 Å². The van der Waals surface area contributed by atoms with Crippen molar-refractivity contribution in [2.24, 2.45) is 10.8 Å². The number of nitrogens with zero attached hydrogens (tertiary/aromatic N) is 1. The molecule has 1 amide bonds. The highest BCUT2D eigenvalue weighted by Gasteiger charge is 2.48. The molecule has 40 heavy (non-hydrogen) atoms.